The normalized spacial score (nSPS) is 9.20. The maximum Gasteiger partial charge on any atom is 0.434 e. The first kappa shape index (κ1) is 13.4. The second kappa shape index (κ2) is 7.81. The number of ether oxygens (including phenoxy) is 2. The molecule has 0 aromatic carbocycles. The van der Waals surface area contributed by atoms with Crippen molar-refractivity contribution in [3.63, 3.8) is 0 Å². The van der Waals surface area contributed by atoms with Crippen LogP contribution in [0.3, 0.4) is 0 Å². The van der Waals surface area contributed by atoms with Crippen molar-refractivity contribution >= 4 is 12.2 Å². The fourth-order valence-electron chi connectivity index (χ4n) is 0.648. The van der Waals surface area contributed by atoms with E-state index >= 15 is 0 Å². The van der Waals surface area contributed by atoms with Crippen LogP contribution >= 0.6 is 0 Å². The van der Waals surface area contributed by atoms with E-state index in [9.17, 15) is 9.59 Å². The Balaban J connectivity index is 3.85. The van der Waals surface area contributed by atoms with E-state index in [0.717, 1.165) is 12.8 Å². The van der Waals surface area contributed by atoms with Crippen molar-refractivity contribution < 1.29 is 19.1 Å². The predicted molar refractivity (Wildman–Crippen MR) is 53.8 cm³/mol. The second-order valence-corrected chi connectivity index (χ2v) is 2.70. The average molecular weight is 216 g/mol. The SMILES string of the molecule is C=CCOC(=O)N(N)C(=O)OCCCC. The first-order valence-corrected chi connectivity index (χ1v) is 4.62. The summed E-state index contributed by atoms with van der Waals surface area (Å²) in [5.41, 5.74) is 0. The molecule has 0 aromatic heterocycles. The Kier molecular flexibility index (Phi) is 7.00. The van der Waals surface area contributed by atoms with Crippen molar-refractivity contribution in [2.45, 2.75) is 19.8 Å². The summed E-state index contributed by atoms with van der Waals surface area (Å²) in [7, 11) is 0. The summed E-state index contributed by atoms with van der Waals surface area (Å²) in [6.07, 6.45) is 1.10. The Morgan fingerprint density at radius 3 is 2.53 bits per heavy atom. The summed E-state index contributed by atoms with van der Waals surface area (Å²) in [5.74, 6) is 5.13. The monoisotopic (exact) mass is 216 g/mol. The number of amides is 2. The van der Waals surface area contributed by atoms with Crippen LogP contribution in [0, 0.1) is 0 Å². The lowest BCUT2D eigenvalue weighted by Crippen LogP contribution is -2.43. The van der Waals surface area contributed by atoms with E-state index in [1.807, 2.05) is 6.92 Å². The first-order valence-electron chi connectivity index (χ1n) is 4.62. The van der Waals surface area contributed by atoms with E-state index < -0.39 is 12.2 Å². The van der Waals surface area contributed by atoms with Crippen molar-refractivity contribution in [3.8, 4) is 0 Å². The number of rotatable bonds is 5. The van der Waals surface area contributed by atoms with Crippen LogP contribution in [-0.2, 0) is 9.47 Å². The van der Waals surface area contributed by atoms with Crippen LogP contribution < -0.4 is 5.84 Å². The van der Waals surface area contributed by atoms with E-state index in [-0.39, 0.29) is 13.2 Å². The van der Waals surface area contributed by atoms with Crippen molar-refractivity contribution in [2.75, 3.05) is 13.2 Å². The molecule has 86 valence electrons. The highest BCUT2D eigenvalue weighted by Crippen LogP contribution is 1.95. The summed E-state index contributed by atoms with van der Waals surface area (Å²) in [6, 6.07) is 0. The van der Waals surface area contributed by atoms with Gasteiger partial charge in [-0.3, -0.25) is 0 Å². The van der Waals surface area contributed by atoms with E-state index in [0.29, 0.717) is 5.01 Å². The zero-order valence-electron chi connectivity index (χ0n) is 8.77. The molecule has 0 unspecified atom stereocenters. The number of hydrazine groups is 1. The largest absolute Gasteiger partial charge is 0.448 e. The molecule has 0 bridgehead atoms. The number of nitrogens with zero attached hydrogens (tertiary/aromatic N) is 1. The quantitative estimate of drug-likeness (QED) is 0.247. The number of imide groups is 1. The zero-order chi connectivity index (χ0) is 11.7. The van der Waals surface area contributed by atoms with Gasteiger partial charge in [-0.1, -0.05) is 26.0 Å². The van der Waals surface area contributed by atoms with Gasteiger partial charge >= 0.3 is 12.2 Å². The Morgan fingerprint density at radius 2 is 2.00 bits per heavy atom. The predicted octanol–water partition coefficient (Wildman–Crippen LogP) is 1.42. The molecular formula is C9H16N2O4. The van der Waals surface area contributed by atoms with E-state index in [1.54, 1.807) is 0 Å². The maximum absolute atomic E-state index is 11.1. The molecule has 0 radical (unpaired) electrons. The van der Waals surface area contributed by atoms with Crippen LogP contribution in [0.2, 0.25) is 0 Å². The molecule has 0 rings (SSSR count). The van der Waals surface area contributed by atoms with Gasteiger partial charge in [0.05, 0.1) is 6.61 Å². The van der Waals surface area contributed by atoms with Gasteiger partial charge < -0.3 is 9.47 Å². The summed E-state index contributed by atoms with van der Waals surface area (Å²) in [5, 5.41) is 0.291. The van der Waals surface area contributed by atoms with Gasteiger partial charge in [0.2, 0.25) is 0 Å². The number of carbonyl (C=O) groups is 2. The van der Waals surface area contributed by atoms with Crippen LogP contribution in [0.4, 0.5) is 9.59 Å². The third-order valence-electron chi connectivity index (χ3n) is 1.44. The van der Waals surface area contributed by atoms with Crippen molar-refractivity contribution in [2.24, 2.45) is 5.84 Å². The smallest absolute Gasteiger partial charge is 0.434 e. The number of unbranched alkanes of at least 4 members (excludes halogenated alkanes) is 1. The topological polar surface area (TPSA) is 81.9 Å². The summed E-state index contributed by atoms with van der Waals surface area (Å²) >= 11 is 0. The van der Waals surface area contributed by atoms with Crippen LogP contribution in [0.5, 0.6) is 0 Å². The fraction of sp³-hybridized carbons (Fsp3) is 0.556. The Hall–Kier alpha value is -1.56. The van der Waals surface area contributed by atoms with Crippen LogP contribution in [0.25, 0.3) is 0 Å². The Morgan fingerprint density at radius 1 is 1.40 bits per heavy atom. The molecule has 6 heteroatoms. The molecular weight excluding hydrogens is 200 g/mol. The van der Waals surface area contributed by atoms with Gasteiger partial charge in [-0.15, -0.1) is 5.01 Å². The lowest BCUT2D eigenvalue weighted by molar-refractivity contribution is 0.0806. The van der Waals surface area contributed by atoms with Crippen molar-refractivity contribution in [1.82, 2.24) is 5.01 Å². The zero-order valence-corrected chi connectivity index (χ0v) is 8.77. The Bertz CT molecular complexity index is 230. The standard InChI is InChI=1S/C9H16N2O4/c1-3-5-7-15-9(13)11(10)8(12)14-6-4-2/h4H,2-3,5-7,10H2,1H3. The summed E-state index contributed by atoms with van der Waals surface area (Å²) in [6.45, 7) is 5.52. The highest BCUT2D eigenvalue weighted by Gasteiger charge is 2.19. The average Bonchev–Trinajstić information content (AvgIpc) is 2.24. The van der Waals surface area contributed by atoms with Gasteiger partial charge in [-0.25, -0.2) is 15.4 Å². The number of hydrogen-bond acceptors (Lipinski definition) is 5. The van der Waals surface area contributed by atoms with E-state index in [1.165, 1.54) is 6.08 Å². The maximum atomic E-state index is 11.1. The molecule has 15 heavy (non-hydrogen) atoms. The molecule has 0 aromatic rings. The molecule has 0 saturated heterocycles. The fourth-order valence-corrected chi connectivity index (χ4v) is 0.648. The van der Waals surface area contributed by atoms with Crippen LogP contribution in [-0.4, -0.2) is 30.4 Å². The molecule has 0 heterocycles. The highest BCUT2D eigenvalue weighted by atomic mass is 16.6. The molecule has 0 aliphatic rings. The van der Waals surface area contributed by atoms with Crippen molar-refractivity contribution in [3.05, 3.63) is 12.7 Å². The molecule has 0 fully saturated rings. The van der Waals surface area contributed by atoms with E-state index in [2.05, 4.69) is 16.1 Å². The van der Waals surface area contributed by atoms with Gasteiger partial charge in [-0.05, 0) is 6.42 Å². The number of hydrogen-bond donors (Lipinski definition) is 1. The minimum atomic E-state index is -0.962. The molecule has 2 amide bonds. The molecule has 0 atom stereocenters. The van der Waals surface area contributed by atoms with Crippen molar-refractivity contribution in [1.29, 1.82) is 0 Å². The molecule has 0 saturated carbocycles. The lowest BCUT2D eigenvalue weighted by Gasteiger charge is -2.13. The molecule has 0 aliphatic carbocycles. The minimum absolute atomic E-state index is 0.00519. The Labute approximate surface area is 88.6 Å². The molecule has 0 spiro atoms. The third kappa shape index (κ3) is 5.69. The third-order valence-corrected chi connectivity index (χ3v) is 1.44. The van der Waals surface area contributed by atoms with Gasteiger partial charge in [0.1, 0.15) is 6.61 Å². The van der Waals surface area contributed by atoms with Crippen LogP contribution in [0.15, 0.2) is 12.7 Å². The molecule has 0 aliphatic heterocycles. The molecule has 6 nitrogen and oxygen atoms in total. The number of carbonyl (C=O) groups excluding carboxylic acids is 2. The minimum Gasteiger partial charge on any atom is -0.448 e. The van der Waals surface area contributed by atoms with E-state index in [4.69, 9.17) is 5.84 Å². The molecule has 2 N–H and O–H groups in total. The lowest BCUT2D eigenvalue weighted by atomic mass is 10.4. The highest BCUT2D eigenvalue weighted by molar-refractivity contribution is 5.86. The van der Waals surface area contributed by atoms with Gasteiger partial charge in [0.15, 0.2) is 0 Å². The first-order chi connectivity index (χ1) is 7.13. The van der Waals surface area contributed by atoms with Gasteiger partial charge in [0, 0.05) is 0 Å². The summed E-state index contributed by atoms with van der Waals surface area (Å²) in [4.78, 5) is 22.1. The second-order valence-electron chi connectivity index (χ2n) is 2.70. The van der Waals surface area contributed by atoms with Gasteiger partial charge in [-0.2, -0.15) is 0 Å². The van der Waals surface area contributed by atoms with Crippen LogP contribution in [0.1, 0.15) is 19.8 Å². The van der Waals surface area contributed by atoms with Gasteiger partial charge in [0.25, 0.3) is 0 Å². The summed E-state index contributed by atoms with van der Waals surface area (Å²) < 4.78 is 9.20. The number of nitrogens with two attached hydrogens (primary N) is 1.